The van der Waals surface area contributed by atoms with E-state index in [-0.39, 0.29) is 17.9 Å². The van der Waals surface area contributed by atoms with Crippen molar-refractivity contribution < 1.29 is 19.5 Å². The fourth-order valence-electron chi connectivity index (χ4n) is 5.36. The second-order valence-corrected chi connectivity index (χ2v) is 9.00. The van der Waals surface area contributed by atoms with Crippen molar-refractivity contribution in [1.29, 1.82) is 0 Å². The minimum atomic E-state index is -0.653. The minimum absolute atomic E-state index is 0.0242. The van der Waals surface area contributed by atoms with Crippen LogP contribution in [0.4, 0.5) is 5.69 Å². The van der Waals surface area contributed by atoms with Gasteiger partial charge in [0.15, 0.2) is 6.54 Å². The zero-order chi connectivity index (χ0) is 21.1. The summed E-state index contributed by atoms with van der Waals surface area (Å²) >= 11 is 5.94. The van der Waals surface area contributed by atoms with Crippen LogP contribution < -0.4 is 15.0 Å². The molecular formula is C24H30ClN2O3+. The number of likely N-dealkylation sites (tertiary alicyclic amines) is 1. The fourth-order valence-corrected chi connectivity index (χ4v) is 5.48. The van der Waals surface area contributed by atoms with Gasteiger partial charge in [0.25, 0.3) is 5.91 Å². The van der Waals surface area contributed by atoms with Gasteiger partial charge in [-0.1, -0.05) is 36.6 Å². The highest BCUT2D eigenvalue weighted by Crippen LogP contribution is 2.45. The Labute approximate surface area is 183 Å². The number of nitrogens with one attached hydrogen (secondary N) is 2. The molecule has 2 aromatic carbocycles. The van der Waals surface area contributed by atoms with Gasteiger partial charge in [-0.25, -0.2) is 0 Å². The average molecular weight is 430 g/mol. The maximum atomic E-state index is 12.9. The molecule has 160 valence electrons. The van der Waals surface area contributed by atoms with Crippen LogP contribution in [0.2, 0.25) is 5.02 Å². The summed E-state index contributed by atoms with van der Waals surface area (Å²) in [5.74, 6) is 0.913. The van der Waals surface area contributed by atoms with Crippen LogP contribution in [0.1, 0.15) is 43.7 Å². The molecule has 6 heteroatoms. The Morgan fingerprint density at radius 1 is 1.20 bits per heavy atom. The Morgan fingerprint density at radius 3 is 2.73 bits per heavy atom. The van der Waals surface area contributed by atoms with Crippen molar-refractivity contribution in [3.05, 3.63) is 59.1 Å². The van der Waals surface area contributed by atoms with Crippen LogP contribution in [0.5, 0.6) is 5.75 Å². The first-order chi connectivity index (χ1) is 14.5. The quantitative estimate of drug-likeness (QED) is 0.683. The number of rotatable bonds is 5. The van der Waals surface area contributed by atoms with E-state index in [4.69, 9.17) is 16.3 Å². The molecule has 1 unspecified atom stereocenters. The molecule has 0 aromatic heterocycles. The lowest BCUT2D eigenvalue weighted by Crippen LogP contribution is -3.16. The number of methoxy groups -OCH3 is 1. The maximum absolute atomic E-state index is 12.9. The maximum Gasteiger partial charge on any atom is 0.279 e. The molecule has 0 spiro atoms. The number of aliphatic hydroxyl groups is 1. The number of hydrogen-bond donors (Lipinski definition) is 3. The number of hydrogen-bond acceptors (Lipinski definition) is 3. The molecular weight excluding hydrogens is 400 g/mol. The number of anilines is 1. The molecule has 5 nitrogen and oxygen atoms in total. The van der Waals surface area contributed by atoms with Gasteiger partial charge < -0.3 is 20.1 Å². The molecule has 1 aliphatic heterocycles. The number of fused-ring (bicyclic) bond motifs is 1. The zero-order valence-corrected chi connectivity index (χ0v) is 18.1. The van der Waals surface area contributed by atoms with Crippen molar-refractivity contribution in [2.24, 2.45) is 5.92 Å². The Morgan fingerprint density at radius 2 is 1.97 bits per heavy atom. The summed E-state index contributed by atoms with van der Waals surface area (Å²) < 4.78 is 5.66. The second kappa shape index (κ2) is 8.96. The van der Waals surface area contributed by atoms with Crippen LogP contribution >= 0.6 is 11.6 Å². The van der Waals surface area contributed by atoms with Crippen molar-refractivity contribution in [1.82, 2.24) is 0 Å². The summed E-state index contributed by atoms with van der Waals surface area (Å²) in [4.78, 5) is 14.1. The van der Waals surface area contributed by atoms with Crippen molar-refractivity contribution in [2.45, 2.75) is 43.7 Å². The van der Waals surface area contributed by atoms with Crippen LogP contribution in [-0.2, 0) is 4.79 Å². The normalized spacial score (nSPS) is 28.4. The number of para-hydroxylation sites is 1. The van der Waals surface area contributed by atoms with Crippen molar-refractivity contribution >= 4 is 23.2 Å². The van der Waals surface area contributed by atoms with Crippen LogP contribution in [-0.4, -0.2) is 36.8 Å². The summed E-state index contributed by atoms with van der Waals surface area (Å²) in [6, 6.07) is 15.2. The lowest BCUT2D eigenvalue weighted by Gasteiger charge is -2.50. The number of carbonyl (C=O) groups excluding carboxylic acids is 1. The molecule has 0 radical (unpaired) electrons. The number of quaternary nitrogens is 1. The Balaban J connectivity index is 1.60. The number of halogens is 1. The topological polar surface area (TPSA) is 63.0 Å². The van der Waals surface area contributed by atoms with E-state index < -0.39 is 5.60 Å². The molecule has 4 atom stereocenters. The first kappa shape index (κ1) is 21.2. The van der Waals surface area contributed by atoms with Gasteiger partial charge in [-0.3, -0.25) is 4.79 Å². The van der Waals surface area contributed by atoms with Gasteiger partial charge in [-0.05, 0) is 49.2 Å². The smallest absolute Gasteiger partial charge is 0.279 e. The van der Waals surface area contributed by atoms with Gasteiger partial charge in [0, 0.05) is 23.0 Å². The number of amides is 1. The van der Waals surface area contributed by atoms with Gasteiger partial charge in [0.05, 0.1) is 24.8 Å². The van der Waals surface area contributed by atoms with E-state index in [1.165, 1.54) is 4.90 Å². The first-order valence-corrected chi connectivity index (χ1v) is 11.1. The second-order valence-electron chi connectivity index (χ2n) is 8.57. The highest BCUT2D eigenvalue weighted by Gasteiger charge is 2.52. The molecule has 3 N–H and O–H groups in total. The SMILES string of the molecule is COc1ccccc1[C@@H]1[C@@H]2CCCC[C@]2(O)CC[NH+]1CC(=O)Nc1ccc(Cl)cc1. The highest BCUT2D eigenvalue weighted by atomic mass is 35.5. The summed E-state index contributed by atoms with van der Waals surface area (Å²) in [5.41, 5.74) is 1.17. The van der Waals surface area contributed by atoms with E-state index in [2.05, 4.69) is 11.4 Å². The molecule has 2 fully saturated rings. The lowest BCUT2D eigenvalue weighted by molar-refractivity contribution is -0.937. The molecule has 1 saturated heterocycles. The van der Waals surface area contributed by atoms with Crippen LogP contribution in [0.3, 0.4) is 0 Å². The summed E-state index contributed by atoms with van der Waals surface area (Å²) in [7, 11) is 1.68. The number of carbonyl (C=O) groups is 1. The fraction of sp³-hybridized carbons (Fsp3) is 0.458. The van der Waals surface area contributed by atoms with E-state index in [1.54, 1.807) is 19.2 Å². The Hall–Kier alpha value is -2.08. The van der Waals surface area contributed by atoms with Crippen LogP contribution in [0.25, 0.3) is 0 Å². The van der Waals surface area contributed by atoms with Crippen molar-refractivity contribution in [3.8, 4) is 5.75 Å². The minimum Gasteiger partial charge on any atom is -0.496 e. The number of ether oxygens (including phenoxy) is 1. The Kier molecular flexibility index (Phi) is 6.32. The van der Waals surface area contributed by atoms with Crippen molar-refractivity contribution in [2.75, 3.05) is 25.5 Å². The predicted octanol–water partition coefficient (Wildman–Crippen LogP) is 3.24. The molecule has 2 aromatic rings. The van der Waals surface area contributed by atoms with Crippen LogP contribution in [0, 0.1) is 5.92 Å². The summed E-state index contributed by atoms with van der Waals surface area (Å²) in [5, 5.41) is 15.1. The molecule has 0 bridgehead atoms. The third kappa shape index (κ3) is 4.34. The number of benzene rings is 2. The third-order valence-electron chi connectivity index (χ3n) is 6.78. The van der Waals surface area contributed by atoms with Gasteiger partial charge in [0.1, 0.15) is 11.8 Å². The first-order valence-electron chi connectivity index (χ1n) is 10.8. The average Bonchev–Trinajstić information content (AvgIpc) is 2.75. The van der Waals surface area contributed by atoms with E-state index in [9.17, 15) is 9.90 Å². The Bertz CT molecular complexity index is 888. The molecule has 2 aliphatic rings. The largest absolute Gasteiger partial charge is 0.496 e. The molecule has 1 heterocycles. The standard InChI is InChI=1S/C24H29ClN2O3/c1-30-21-8-3-2-6-19(21)23-20-7-4-5-13-24(20,29)14-15-27(23)16-22(28)26-18-11-9-17(25)10-12-18/h2-3,6,8-12,20,23,29H,4-5,7,13-16H2,1H3,(H,26,28)/p+1/t20-,23+,24-/m0/s1. The van der Waals surface area contributed by atoms with Crippen LogP contribution in [0.15, 0.2) is 48.5 Å². The highest BCUT2D eigenvalue weighted by molar-refractivity contribution is 6.30. The molecule has 30 heavy (non-hydrogen) atoms. The van der Waals surface area contributed by atoms with Gasteiger partial charge in [0.2, 0.25) is 0 Å². The van der Waals surface area contributed by atoms with E-state index in [1.807, 2.05) is 30.3 Å². The lowest BCUT2D eigenvalue weighted by atomic mass is 9.66. The zero-order valence-electron chi connectivity index (χ0n) is 17.4. The van der Waals surface area contributed by atoms with Gasteiger partial charge in [-0.15, -0.1) is 0 Å². The summed E-state index contributed by atoms with van der Waals surface area (Å²) in [6.07, 6.45) is 4.73. The molecule has 1 saturated carbocycles. The van der Waals surface area contributed by atoms with Gasteiger partial charge in [-0.2, -0.15) is 0 Å². The number of piperidine rings is 1. The van der Waals surface area contributed by atoms with Gasteiger partial charge >= 0.3 is 0 Å². The molecule has 4 rings (SSSR count). The van der Waals surface area contributed by atoms with E-state index in [0.717, 1.165) is 55.6 Å². The monoisotopic (exact) mass is 429 g/mol. The predicted molar refractivity (Wildman–Crippen MR) is 118 cm³/mol. The van der Waals surface area contributed by atoms with Crippen molar-refractivity contribution in [3.63, 3.8) is 0 Å². The van der Waals surface area contributed by atoms with E-state index >= 15 is 0 Å². The molecule has 1 amide bonds. The molecule has 1 aliphatic carbocycles. The summed E-state index contributed by atoms with van der Waals surface area (Å²) in [6.45, 7) is 1.10. The van der Waals surface area contributed by atoms with E-state index in [0.29, 0.717) is 11.6 Å². The third-order valence-corrected chi connectivity index (χ3v) is 7.03.